The van der Waals surface area contributed by atoms with Gasteiger partial charge in [0.2, 0.25) is 5.91 Å². The number of hydrogen-bond donors (Lipinski definition) is 1. The highest BCUT2D eigenvalue weighted by atomic mass is 16.3. The lowest BCUT2D eigenvalue weighted by molar-refractivity contribution is -0.139. The van der Waals surface area contributed by atoms with Gasteiger partial charge in [0.1, 0.15) is 6.04 Å². The van der Waals surface area contributed by atoms with E-state index >= 15 is 0 Å². The fourth-order valence-electron chi connectivity index (χ4n) is 4.01. The van der Waals surface area contributed by atoms with Gasteiger partial charge in [0.15, 0.2) is 0 Å². The third-order valence-electron chi connectivity index (χ3n) is 5.53. The van der Waals surface area contributed by atoms with Gasteiger partial charge in [0.25, 0.3) is 0 Å². The molecule has 5 heteroatoms. The van der Waals surface area contributed by atoms with E-state index in [0.717, 1.165) is 37.7 Å². The molecule has 0 aromatic heterocycles. The third-order valence-corrected chi connectivity index (χ3v) is 5.53. The van der Waals surface area contributed by atoms with Crippen molar-refractivity contribution in [1.82, 2.24) is 9.80 Å². The molecule has 1 saturated heterocycles. The van der Waals surface area contributed by atoms with Crippen LogP contribution < -0.4 is 0 Å². The molecule has 1 saturated carbocycles. The highest BCUT2D eigenvalue weighted by Crippen LogP contribution is 2.31. The number of hydrogen-bond acceptors (Lipinski definition) is 4. The summed E-state index contributed by atoms with van der Waals surface area (Å²) in [5, 5.41) is 20.2. The van der Waals surface area contributed by atoms with Gasteiger partial charge in [-0.1, -0.05) is 49.6 Å². The molecule has 1 aliphatic heterocycles. The number of piperazine rings is 1. The minimum Gasteiger partial charge on any atom is -0.389 e. The van der Waals surface area contributed by atoms with Crippen molar-refractivity contribution < 1.29 is 9.90 Å². The number of aliphatic hydroxyl groups is 1. The molecule has 134 valence electrons. The van der Waals surface area contributed by atoms with Gasteiger partial charge in [-0.15, -0.1) is 0 Å². The lowest BCUT2D eigenvalue weighted by Gasteiger charge is -2.39. The maximum absolute atomic E-state index is 12.6. The van der Waals surface area contributed by atoms with Crippen molar-refractivity contribution in [3.8, 4) is 6.07 Å². The van der Waals surface area contributed by atoms with Gasteiger partial charge in [-0.3, -0.25) is 9.69 Å². The molecule has 2 fully saturated rings. The molecule has 1 aromatic rings. The van der Waals surface area contributed by atoms with Crippen LogP contribution >= 0.6 is 0 Å². The largest absolute Gasteiger partial charge is 0.389 e. The Morgan fingerprint density at radius 2 is 1.76 bits per heavy atom. The van der Waals surface area contributed by atoms with Crippen molar-refractivity contribution in [3.63, 3.8) is 0 Å². The van der Waals surface area contributed by atoms with Crippen LogP contribution in [0.25, 0.3) is 0 Å². The first-order valence-electron chi connectivity index (χ1n) is 9.30. The molecule has 1 atom stereocenters. The summed E-state index contributed by atoms with van der Waals surface area (Å²) in [5.41, 5.74) is 0.201. The number of nitrogens with zero attached hydrogens (tertiary/aromatic N) is 3. The Hall–Kier alpha value is -1.90. The van der Waals surface area contributed by atoms with E-state index in [-0.39, 0.29) is 18.4 Å². The standard InChI is InChI=1S/C20H27N3O2/c21-16-18(17-7-3-1-4-8-17)22-11-13-23(14-12-22)19(24)15-20(25)9-5-2-6-10-20/h1,3-4,7-8,18,25H,2,5-6,9-15H2. The molecule has 1 heterocycles. The summed E-state index contributed by atoms with van der Waals surface area (Å²) in [6.45, 7) is 2.63. The summed E-state index contributed by atoms with van der Waals surface area (Å²) in [6, 6.07) is 11.9. The molecule has 1 unspecified atom stereocenters. The molecule has 1 aliphatic carbocycles. The fraction of sp³-hybridized carbons (Fsp3) is 0.600. The van der Waals surface area contributed by atoms with Crippen molar-refractivity contribution >= 4 is 5.91 Å². The molecule has 2 aliphatic rings. The maximum atomic E-state index is 12.6. The zero-order valence-electron chi connectivity index (χ0n) is 14.7. The van der Waals surface area contributed by atoms with E-state index in [4.69, 9.17) is 0 Å². The quantitative estimate of drug-likeness (QED) is 0.913. The van der Waals surface area contributed by atoms with Crippen molar-refractivity contribution in [2.45, 2.75) is 50.2 Å². The molecule has 25 heavy (non-hydrogen) atoms. The van der Waals surface area contributed by atoms with Crippen LogP contribution in [0.4, 0.5) is 0 Å². The van der Waals surface area contributed by atoms with Crippen LogP contribution in [-0.2, 0) is 4.79 Å². The third kappa shape index (κ3) is 4.39. The minimum atomic E-state index is -0.800. The predicted molar refractivity (Wildman–Crippen MR) is 95.6 cm³/mol. The smallest absolute Gasteiger partial charge is 0.225 e. The Kier molecular flexibility index (Phi) is 5.72. The molecule has 0 bridgehead atoms. The summed E-state index contributed by atoms with van der Waals surface area (Å²) < 4.78 is 0. The van der Waals surface area contributed by atoms with Crippen LogP contribution in [0.1, 0.15) is 50.1 Å². The van der Waals surface area contributed by atoms with E-state index in [1.54, 1.807) is 0 Å². The summed E-state index contributed by atoms with van der Waals surface area (Å²) in [7, 11) is 0. The summed E-state index contributed by atoms with van der Waals surface area (Å²) >= 11 is 0. The number of carbonyl (C=O) groups excluding carboxylic acids is 1. The van der Waals surface area contributed by atoms with E-state index in [0.29, 0.717) is 26.2 Å². The predicted octanol–water partition coefficient (Wildman–Crippen LogP) is 2.48. The van der Waals surface area contributed by atoms with E-state index < -0.39 is 5.60 Å². The molecule has 3 rings (SSSR count). The maximum Gasteiger partial charge on any atom is 0.225 e. The van der Waals surface area contributed by atoms with E-state index in [2.05, 4.69) is 11.0 Å². The minimum absolute atomic E-state index is 0.0530. The highest BCUT2D eigenvalue weighted by molar-refractivity contribution is 5.77. The Morgan fingerprint density at radius 1 is 1.12 bits per heavy atom. The van der Waals surface area contributed by atoms with Gasteiger partial charge >= 0.3 is 0 Å². The number of rotatable bonds is 4. The van der Waals surface area contributed by atoms with Crippen molar-refractivity contribution in [3.05, 3.63) is 35.9 Å². The zero-order chi connectivity index (χ0) is 17.7. The molecule has 0 radical (unpaired) electrons. The van der Waals surface area contributed by atoms with Crippen LogP contribution in [0.2, 0.25) is 0 Å². The van der Waals surface area contributed by atoms with Crippen LogP contribution in [0.15, 0.2) is 30.3 Å². The van der Waals surface area contributed by atoms with E-state index in [1.807, 2.05) is 35.2 Å². The monoisotopic (exact) mass is 341 g/mol. The van der Waals surface area contributed by atoms with Gasteiger partial charge in [-0.2, -0.15) is 5.26 Å². The van der Waals surface area contributed by atoms with Crippen molar-refractivity contribution in [2.24, 2.45) is 0 Å². The van der Waals surface area contributed by atoms with Gasteiger partial charge in [0, 0.05) is 26.2 Å². The van der Waals surface area contributed by atoms with Crippen LogP contribution in [0.5, 0.6) is 0 Å². The fourth-order valence-corrected chi connectivity index (χ4v) is 4.01. The number of amides is 1. The molecular formula is C20H27N3O2. The lowest BCUT2D eigenvalue weighted by atomic mass is 9.82. The van der Waals surface area contributed by atoms with Crippen LogP contribution in [0.3, 0.4) is 0 Å². The van der Waals surface area contributed by atoms with E-state index in [1.165, 1.54) is 0 Å². The average molecular weight is 341 g/mol. The number of benzene rings is 1. The Labute approximate surface area is 149 Å². The Balaban J connectivity index is 1.54. The van der Waals surface area contributed by atoms with E-state index in [9.17, 15) is 15.2 Å². The Morgan fingerprint density at radius 3 is 2.36 bits per heavy atom. The summed E-state index contributed by atoms with van der Waals surface area (Å²) in [4.78, 5) is 16.6. The SMILES string of the molecule is N#CC(c1ccccc1)N1CCN(C(=O)CC2(O)CCCCC2)CC1. The number of carbonyl (C=O) groups is 1. The van der Waals surface area contributed by atoms with Crippen LogP contribution in [0, 0.1) is 11.3 Å². The second-order valence-corrected chi connectivity index (χ2v) is 7.32. The van der Waals surface area contributed by atoms with Gasteiger partial charge < -0.3 is 10.0 Å². The van der Waals surface area contributed by atoms with Crippen molar-refractivity contribution in [2.75, 3.05) is 26.2 Å². The lowest BCUT2D eigenvalue weighted by Crippen LogP contribution is -2.51. The summed E-state index contributed by atoms with van der Waals surface area (Å²) in [5.74, 6) is 0.0530. The molecule has 1 N–H and O–H groups in total. The topological polar surface area (TPSA) is 67.6 Å². The van der Waals surface area contributed by atoms with Crippen LogP contribution in [-0.4, -0.2) is 52.6 Å². The van der Waals surface area contributed by atoms with Gasteiger partial charge in [0.05, 0.1) is 18.1 Å². The molecule has 1 amide bonds. The van der Waals surface area contributed by atoms with Gasteiger partial charge in [-0.25, -0.2) is 0 Å². The highest BCUT2D eigenvalue weighted by Gasteiger charge is 2.34. The van der Waals surface area contributed by atoms with Crippen molar-refractivity contribution in [1.29, 1.82) is 5.26 Å². The average Bonchev–Trinajstić information content (AvgIpc) is 2.64. The molecule has 5 nitrogen and oxygen atoms in total. The summed E-state index contributed by atoms with van der Waals surface area (Å²) in [6.07, 6.45) is 4.90. The second kappa shape index (κ2) is 7.99. The molecular weight excluding hydrogens is 314 g/mol. The first-order chi connectivity index (χ1) is 12.1. The van der Waals surface area contributed by atoms with Gasteiger partial charge in [-0.05, 0) is 18.4 Å². The normalized spacial score (nSPS) is 22.2. The first kappa shape index (κ1) is 17.9. The first-order valence-corrected chi connectivity index (χ1v) is 9.30. The second-order valence-electron chi connectivity index (χ2n) is 7.32. The molecule has 0 spiro atoms. The Bertz CT molecular complexity index is 612. The zero-order valence-corrected chi connectivity index (χ0v) is 14.7. The number of nitriles is 1. The molecule has 1 aromatic carbocycles.